The third kappa shape index (κ3) is 4.22. The zero-order valence-electron chi connectivity index (χ0n) is 11.7. The van der Waals surface area contributed by atoms with E-state index in [1.165, 1.54) is 24.4 Å². The average Bonchev–Trinajstić information content (AvgIpc) is 2.43. The van der Waals surface area contributed by atoms with E-state index in [-0.39, 0.29) is 17.7 Å². The molecule has 1 aromatic heterocycles. The zero-order chi connectivity index (χ0) is 15.4. The van der Waals surface area contributed by atoms with Gasteiger partial charge in [0.05, 0.1) is 4.47 Å². The van der Waals surface area contributed by atoms with Crippen molar-refractivity contribution in [3.8, 4) is 11.6 Å². The Hall–Kier alpha value is -1.53. The molecule has 0 spiro atoms. The van der Waals surface area contributed by atoms with Gasteiger partial charge in [-0.3, -0.25) is 0 Å². The van der Waals surface area contributed by atoms with Gasteiger partial charge in [-0.2, -0.15) is 0 Å². The summed E-state index contributed by atoms with van der Waals surface area (Å²) in [6, 6.07) is 5.76. The number of ether oxygens (including phenoxy) is 1. The summed E-state index contributed by atoms with van der Waals surface area (Å²) in [5.41, 5.74) is 0.446. The molecule has 0 atom stereocenters. The number of rotatable bonds is 5. The van der Waals surface area contributed by atoms with Gasteiger partial charge in [0.15, 0.2) is 5.82 Å². The highest BCUT2D eigenvalue weighted by molar-refractivity contribution is 9.10. The van der Waals surface area contributed by atoms with Crippen molar-refractivity contribution < 1.29 is 13.5 Å². The van der Waals surface area contributed by atoms with Crippen LogP contribution in [-0.2, 0) is 6.54 Å². The molecule has 0 radical (unpaired) electrons. The van der Waals surface area contributed by atoms with Crippen molar-refractivity contribution in [1.29, 1.82) is 0 Å². The summed E-state index contributed by atoms with van der Waals surface area (Å²) in [5, 5.41) is 3.12. The largest absolute Gasteiger partial charge is 0.435 e. The fraction of sp³-hybridized carbons (Fsp3) is 0.267. The lowest BCUT2D eigenvalue weighted by atomic mass is 10.2. The highest BCUT2D eigenvalue weighted by Gasteiger charge is 2.13. The number of nitrogens with one attached hydrogen (secondary N) is 1. The van der Waals surface area contributed by atoms with Gasteiger partial charge in [-0.15, -0.1) is 0 Å². The number of aromatic nitrogens is 1. The normalized spacial score (nSPS) is 11.0. The molecular weight excluding hydrogens is 342 g/mol. The molecule has 0 unspecified atom stereocenters. The lowest BCUT2D eigenvalue weighted by Crippen LogP contribution is -2.22. The van der Waals surface area contributed by atoms with E-state index in [0.717, 1.165) is 0 Å². The van der Waals surface area contributed by atoms with Crippen molar-refractivity contribution >= 4 is 15.9 Å². The second-order valence-corrected chi connectivity index (χ2v) is 5.66. The molecule has 2 aromatic rings. The molecule has 0 bridgehead atoms. The van der Waals surface area contributed by atoms with E-state index in [1.54, 1.807) is 6.07 Å². The summed E-state index contributed by atoms with van der Waals surface area (Å²) >= 11 is 3.23. The fourth-order valence-corrected chi connectivity index (χ4v) is 1.97. The maximum Gasteiger partial charge on any atom is 0.256 e. The molecule has 2 rings (SSSR count). The molecule has 0 saturated heterocycles. The van der Waals surface area contributed by atoms with Gasteiger partial charge in [0, 0.05) is 30.4 Å². The predicted molar refractivity (Wildman–Crippen MR) is 80.3 cm³/mol. The van der Waals surface area contributed by atoms with E-state index in [2.05, 4.69) is 26.2 Å². The van der Waals surface area contributed by atoms with Crippen LogP contribution in [0.1, 0.15) is 19.4 Å². The van der Waals surface area contributed by atoms with Crippen molar-refractivity contribution in [1.82, 2.24) is 10.3 Å². The van der Waals surface area contributed by atoms with Crippen molar-refractivity contribution in [2.24, 2.45) is 0 Å². The van der Waals surface area contributed by atoms with Crippen LogP contribution in [0.15, 0.2) is 34.9 Å². The summed E-state index contributed by atoms with van der Waals surface area (Å²) in [6.07, 6.45) is 1.46. The smallest absolute Gasteiger partial charge is 0.256 e. The lowest BCUT2D eigenvalue weighted by molar-refractivity contribution is 0.411. The van der Waals surface area contributed by atoms with E-state index in [9.17, 15) is 8.78 Å². The van der Waals surface area contributed by atoms with Crippen molar-refractivity contribution in [3.63, 3.8) is 0 Å². The number of halogens is 3. The lowest BCUT2D eigenvalue weighted by Gasteiger charge is -2.12. The molecule has 0 aliphatic carbocycles. The SMILES string of the molecule is CC(C)NCc1ccnc(Oc2cc(F)ccc2Br)c1F. The third-order valence-corrected chi connectivity index (χ3v) is 3.39. The minimum atomic E-state index is -0.554. The van der Waals surface area contributed by atoms with Gasteiger partial charge in [0.25, 0.3) is 5.88 Å². The molecule has 112 valence electrons. The summed E-state index contributed by atoms with van der Waals surface area (Å²) in [7, 11) is 0. The van der Waals surface area contributed by atoms with Crippen LogP contribution in [0.2, 0.25) is 0 Å². The highest BCUT2D eigenvalue weighted by Crippen LogP contribution is 2.31. The molecule has 0 amide bonds. The standard InChI is InChI=1S/C15H15BrF2N2O/c1-9(2)20-8-10-5-6-19-15(14(10)18)21-13-7-11(17)3-4-12(13)16/h3-7,9,20H,8H2,1-2H3. The number of nitrogens with zero attached hydrogens (tertiary/aromatic N) is 1. The molecule has 0 fully saturated rings. The van der Waals surface area contributed by atoms with Crippen LogP contribution >= 0.6 is 15.9 Å². The van der Waals surface area contributed by atoms with Crippen LogP contribution < -0.4 is 10.1 Å². The summed E-state index contributed by atoms with van der Waals surface area (Å²) in [6.45, 7) is 4.31. The minimum Gasteiger partial charge on any atom is -0.435 e. The first-order valence-corrected chi connectivity index (χ1v) is 7.26. The number of hydrogen-bond acceptors (Lipinski definition) is 3. The summed E-state index contributed by atoms with van der Waals surface area (Å²) in [5.74, 6) is -1.02. The van der Waals surface area contributed by atoms with Crippen LogP contribution in [-0.4, -0.2) is 11.0 Å². The van der Waals surface area contributed by atoms with Crippen LogP contribution in [0, 0.1) is 11.6 Å². The number of benzene rings is 1. The number of pyridine rings is 1. The maximum atomic E-state index is 14.3. The third-order valence-electron chi connectivity index (χ3n) is 2.74. The Morgan fingerprint density at radius 1 is 1.29 bits per heavy atom. The predicted octanol–water partition coefficient (Wildman–Crippen LogP) is 4.41. The Morgan fingerprint density at radius 2 is 2.05 bits per heavy atom. The monoisotopic (exact) mass is 356 g/mol. The van der Waals surface area contributed by atoms with Crippen LogP contribution in [0.3, 0.4) is 0 Å². The quantitative estimate of drug-likeness (QED) is 0.861. The second kappa shape index (κ2) is 6.95. The average molecular weight is 357 g/mol. The van der Waals surface area contributed by atoms with Gasteiger partial charge < -0.3 is 10.1 Å². The van der Waals surface area contributed by atoms with E-state index in [4.69, 9.17) is 4.74 Å². The van der Waals surface area contributed by atoms with Gasteiger partial charge in [0.1, 0.15) is 11.6 Å². The summed E-state index contributed by atoms with van der Waals surface area (Å²) < 4.78 is 33.4. The molecule has 3 nitrogen and oxygen atoms in total. The first-order valence-electron chi connectivity index (χ1n) is 6.47. The molecule has 21 heavy (non-hydrogen) atoms. The first kappa shape index (κ1) is 15.9. The molecule has 6 heteroatoms. The Bertz CT molecular complexity index is 635. The van der Waals surface area contributed by atoms with E-state index < -0.39 is 11.6 Å². The van der Waals surface area contributed by atoms with Gasteiger partial charge in [-0.1, -0.05) is 13.8 Å². The zero-order valence-corrected chi connectivity index (χ0v) is 13.2. The van der Waals surface area contributed by atoms with Crippen molar-refractivity contribution in [3.05, 3.63) is 52.1 Å². The molecule has 1 N–H and O–H groups in total. The van der Waals surface area contributed by atoms with E-state index in [1.807, 2.05) is 13.8 Å². The highest BCUT2D eigenvalue weighted by atomic mass is 79.9. The van der Waals surface area contributed by atoms with Gasteiger partial charge in [-0.25, -0.2) is 13.8 Å². The van der Waals surface area contributed by atoms with Gasteiger partial charge in [-0.05, 0) is 34.1 Å². The molecule has 0 saturated carbocycles. The van der Waals surface area contributed by atoms with Crippen LogP contribution in [0.4, 0.5) is 8.78 Å². The van der Waals surface area contributed by atoms with E-state index >= 15 is 0 Å². The minimum absolute atomic E-state index is 0.176. The second-order valence-electron chi connectivity index (χ2n) is 4.80. The Balaban J connectivity index is 2.24. The summed E-state index contributed by atoms with van der Waals surface area (Å²) in [4.78, 5) is 3.86. The topological polar surface area (TPSA) is 34.2 Å². The Labute approximate surface area is 130 Å². The first-order chi connectivity index (χ1) is 9.97. The van der Waals surface area contributed by atoms with Crippen LogP contribution in [0.25, 0.3) is 0 Å². The fourth-order valence-electron chi connectivity index (χ4n) is 1.64. The van der Waals surface area contributed by atoms with Crippen molar-refractivity contribution in [2.45, 2.75) is 26.4 Å². The molecule has 0 aliphatic heterocycles. The van der Waals surface area contributed by atoms with Gasteiger partial charge >= 0.3 is 0 Å². The maximum absolute atomic E-state index is 14.3. The molecule has 0 aliphatic rings. The van der Waals surface area contributed by atoms with Crippen molar-refractivity contribution in [2.75, 3.05) is 0 Å². The Kier molecular flexibility index (Phi) is 5.25. The van der Waals surface area contributed by atoms with Gasteiger partial charge in [0.2, 0.25) is 0 Å². The molecular formula is C15H15BrF2N2O. The Morgan fingerprint density at radius 3 is 2.76 bits per heavy atom. The number of hydrogen-bond donors (Lipinski definition) is 1. The van der Waals surface area contributed by atoms with E-state index in [0.29, 0.717) is 16.6 Å². The molecule has 1 heterocycles. The molecule has 1 aromatic carbocycles. The van der Waals surface area contributed by atoms with Crippen LogP contribution in [0.5, 0.6) is 11.6 Å².